The number of hydrogen-bond donors (Lipinski definition) is 1. The molecule has 7 nitrogen and oxygen atoms in total. The molecule has 0 aliphatic carbocycles. The summed E-state index contributed by atoms with van der Waals surface area (Å²) in [5.74, 6) is 1.68. The van der Waals surface area contributed by atoms with E-state index < -0.39 is 6.10 Å². The van der Waals surface area contributed by atoms with E-state index in [1.54, 1.807) is 23.1 Å². The lowest BCUT2D eigenvalue weighted by molar-refractivity contribution is -0.0115. The minimum atomic E-state index is -0.687. The van der Waals surface area contributed by atoms with Crippen molar-refractivity contribution >= 4 is 0 Å². The summed E-state index contributed by atoms with van der Waals surface area (Å²) in [6.45, 7) is 7.46. The highest BCUT2D eigenvalue weighted by Gasteiger charge is 2.24. The maximum atomic E-state index is 13.7. The predicted octanol–water partition coefficient (Wildman–Crippen LogP) is 5.75. The lowest BCUT2D eigenvalue weighted by Gasteiger charge is -2.25. The van der Waals surface area contributed by atoms with Gasteiger partial charge in [0.15, 0.2) is 0 Å². The summed E-state index contributed by atoms with van der Waals surface area (Å²) >= 11 is 0. The number of ether oxygens (including phenoxy) is 2. The zero-order valence-electron chi connectivity index (χ0n) is 21.5. The Morgan fingerprint density at radius 1 is 1.03 bits per heavy atom. The summed E-state index contributed by atoms with van der Waals surface area (Å²) in [7, 11) is 0. The Morgan fingerprint density at radius 3 is 2.43 bits per heavy atom. The van der Waals surface area contributed by atoms with E-state index in [-0.39, 0.29) is 18.5 Å². The number of aryl methyl sites for hydroxylation is 1. The number of furan rings is 1. The van der Waals surface area contributed by atoms with Crippen LogP contribution in [0.15, 0.2) is 77.4 Å². The molecule has 2 heterocycles. The molecule has 0 saturated heterocycles. The molecule has 196 valence electrons. The van der Waals surface area contributed by atoms with E-state index in [0.29, 0.717) is 43.4 Å². The van der Waals surface area contributed by atoms with Crippen molar-refractivity contribution in [2.45, 2.75) is 52.5 Å². The molecule has 0 unspecified atom stereocenters. The van der Waals surface area contributed by atoms with Crippen LogP contribution in [0.4, 0.5) is 4.39 Å². The van der Waals surface area contributed by atoms with Gasteiger partial charge in [-0.1, -0.05) is 25.1 Å². The fourth-order valence-corrected chi connectivity index (χ4v) is 4.07. The van der Waals surface area contributed by atoms with Gasteiger partial charge in [0.05, 0.1) is 48.6 Å². The highest BCUT2D eigenvalue weighted by Crippen LogP contribution is 2.32. The van der Waals surface area contributed by atoms with Crippen LogP contribution in [-0.4, -0.2) is 45.1 Å². The fraction of sp³-hybridized carbons (Fsp3) is 0.345. The molecule has 0 amide bonds. The minimum Gasteiger partial charge on any atom is -0.468 e. The van der Waals surface area contributed by atoms with Crippen LogP contribution in [0.3, 0.4) is 0 Å². The van der Waals surface area contributed by atoms with E-state index in [0.717, 1.165) is 17.0 Å². The smallest absolute Gasteiger partial charge is 0.227 e. The van der Waals surface area contributed by atoms with E-state index >= 15 is 0 Å². The van der Waals surface area contributed by atoms with Crippen LogP contribution >= 0.6 is 0 Å². The maximum absolute atomic E-state index is 13.7. The van der Waals surface area contributed by atoms with Crippen LogP contribution in [0, 0.1) is 5.82 Å². The third kappa shape index (κ3) is 7.29. The van der Waals surface area contributed by atoms with Crippen molar-refractivity contribution < 1.29 is 23.4 Å². The van der Waals surface area contributed by atoms with Crippen LogP contribution in [0.2, 0.25) is 0 Å². The van der Waals surface area contributed by atoms with E-state index in [4.69, 9.17) is 19.0 Å². The van der Waals surface area contributed by atoms with Gasteiger partial charge in [-0.05, 0) is 68.8 Å². The maximum Gasteiger partial charge on any atom is 0.227 e. The van der Waals surface area contributed by atoms with E-state index in [2.05, 4.69) is 4.90 Å². The van der Waals surface area contributed by atoms with E-state index in [1.807, 2.05) is 63.2 Å². The van der Waals surface area contributed by atoms with Gasteiger partial charge in [0.2, 0.25) is 5.88 Å². The number of benzene rings is 2. The first-order valence-electron chi connectivity index (χ1n) is 12.6. The third-order valence-electron chi connectivity index (χ3n) is 5.82. The molecule has 0 bridgehead atoms. The molecule has 0 aliphatic heterocycles. The second kappa shape index (κ2) is 12.7. The Bertz CT molecular complexity index is 1220. The average Bonchev–Trinajstić information content (AvgIpc) is 3.52. The van der Waals surface area contributed by atoms with Crippen molar-refractivity contribution in [2.24, 2.45) is 0 Å². The molecule has 4 rings (SSSR count). The molecule has 1 atom stereocenters. The van der Waals surface area contributed by atoms with Gasteiger partial charge < -0.3 is 19.0 Å². The minimum absolute atomic E-state index is 0.0275. The van der Waals surface area contributed by atoms with Crippen molar-refractivity contribution in [3.05, 3.63) is 95.8 Å². The molecule has 1 N–H and O–H groups in total. The van der Waals surface area contributed by atoms with Gasteiger partial charge in [-0.3, -0.25) is 4.90 Å². The van der Waals surface area contributed by atoms with Crippen LogP contribution in [0.1, 0.15) is 37.8 Å². The molecular weight excluding hydrogens is 473 g/mol. The Balaban J connectivity index is 1.71. The van der Waals surface area contributed by atoms with Crippen LogP contribution < -0.4 is 4.74 Å². The monoisotopic (exact) mass is 507 g/mol. The van der Waals surface area contributed by atoms with Gasteiger partial charge in [0, 0.05) is 13.1 Å². The highest BCUT2D eigenvalue weighted by molar-refractivity contribution is 5.44. The summed E-state index contributed by atoms with van der Waals surface area (Å²) in [4.78, 5) is 2.09. The summed E-state index contributed by atoms with van der Waals surface area (Å²) in [6.07, 6.45) is 1.65. The fourth-order valence-electron chi connectivity index (χ4n) is 4.07. The number of hydrogen-bond acceptors (Lipinski definition) is 6. The lowest BCUT2D eigenvalue weighted by Crippen LogP contribution is -2.35. The SMILES string of the molecule is CCc1nn(-c2ccc(F)cc2)c(Oc2ccccc2)c1CN(Cc1ccco1)C[C@H](O)COC(C)C. The molecule has 0 saturated carbocycles. The zero-order valence-corrected chi connectivity index (χ0v) is 21.5. The molecule has 0 fully saturated rings. The lowest BCUT2D eigenvalue weighted by atomic mass is 10.1. The van der Waals surface area contributed by atoms with Gasteiger partial charge >= 0.3 is 0 Å². The Labute approximate surface area is 217 Å². The van der Waals surface area contributed by atoms with Crippen LogP contribution in [0.5, 0.6) is 11.6 Å². The van der Waals surface area contributed by atoms with Crippen LogP contribution in [0.25, 0.3) is 5.69 Å². The van der Waals surface area contributed by atoms with Crippen molar-refractivity contribution in [3.63, 3.8) is 0 Å². The number of nitrogens with zero attached hydrogens (tertiary/aromatic N) is 3. The average molecular weight is 508 g/mol. The zero-order chi connectivity index (χ0) is 26.2. The molecule has 0 aliphatic rings. The molecule has 0 radical (unpaired) electrons. The summed E-state index contributed by atoms with van der Waals surface area (Å²) in [6, 6.07) is 19.4. The first kappa shape index (κ1) is 26.6. The summed E-state index contributed by atoms with van der Waals surface area (Å²) in [5.41, 5.74) is 2.43. The third-order valence-corrected chi connectivity index (χ3v) is 5.82. The first-order valence-corrected chi connectivity index (χ1v) is 12.6. The van der Waals surface area contributed by atoms with Crippen molar-refractivity contribution in [2.75, 3.05) is 13.2 Å². The van der Waals surface area contributed by atoms with E-state index in [9.17, 15) is 9.50 Å². The molecule has 2 aromatic carbocycles. The molecule has 2 aromatic heterocycles. The standard InChI is InChI=1S/C29H34FN3O4/c1-4-28-27(19-32(18-26-11-8-16-35-26)17-24(34)20-36-21(2)3)29(37-25-9-6-5-7-10-25)33(31-28)23-14-12-22(30)13-15-23/h5-16,21,24,34H,4,17-20H2,1-3H3/t24-/m0/s1. The predicted molar refractivity (Wildman–Crippen MR) is 139 cm³/mol. The molecule has 0 spiro atoms. The van der Waals surface area contributed by atoms with Gasteiger partial charge in [0.1, 0.15) is 17.3 Å². The number of aliphatic hydroxyl groups is 1. The molecular formula is C29H34FN3O4. The highest BCUT2D eigenvalue weighted by atomic mass is 19.1. The first-order chi connectivity index (χ1) is 17.9. The van der Waals surface area contributed by atoms with Gasteiger partial charge in [-0.25, -0.2) is 9.07 Å². The molecule has 4 aromatic rings. The van der Waals surface area contributed by atoms with Crippen molar-refractivity contribution in [1.29, 1.82) is 0 Å². The molecule has 8 heteroatoms. The number of halogens is 1. The number of para-hydroxylation sites is 1. The second-order valence-corrected chi connectivity index (χ2v) is 9.17. The van der Waals surface area contributed by atoms with Crippen molar-refractivity contribution in [1.82, 2.24) is 14.7 Å². The second-order valence-electron chi connectivity index (χ2n) is 9.17. The van der Waals surface area contributed by atoms with Gasteiger partial charge in [-0.15, -0.1) is 0 Å². The quantitative estimate of drug-likeness (QED) is 0.249. The van der Waals surface area contributed by atoms with Gasteiger partial charge in [0.25, 0.3) is 0 Å². The summed E-state index contributed by atoms with van der Waals surface area (Å²) < 4.78 is 33.0. The number of aromatic nitrogens is 2. The van der Waals surface area contributed by atoms with Crippen LogP contribution in [-0.2, 0) is 24.2 Å². The topological polar surface area (TPSA) is 72.9 Å². The van der Waals surface area contributed by atoms with E-state index in [1.165, 1.54) is 12.1 Å². The normalized spacial score (nSPS) is 12.4. The number of aliphatic hydroxyl groups excluding tert-OH is 1. The molecule has 37 heavy (non-hydrogen) atoms. The Morgan fingerprint density at radius 2 is 1.78 bits per heavy atom. The summed E-state index contributed by atoms with van der Waals surface area (Å²) in [5, 5.41) is 15.6. The van der Waals surface area contributed by atoms with Gasteiger partial charge in [-0.2, -0.15) is 5.10 Å². The Kier molecular flexibility index (Phi) is 9.11. The number of rotatable bonds is 13. The van der Waals surface area contributed by atoms with Crippen molar-refractivity contribution in [3.8, 4) is 17.3 Å². The largest absolute Gasteiger partial charge is 0.468 e. The Hall–Kier alpha value is -3.46.